The lowest BCUT2D eigenvalue weighted by molar-refractivity contribution is -0.144. The minimum Gasteiger partial charge on any atom is -0.497 e. The molecule has 8 nitrogen and oxygen atoms in total. The van der Waals surface area contributed by atoms with Crippen LogP contribution in [0.4, 0.5) is 10.5 Å². The second-order valence-electron chi connectivity index (χ2n) is 6.94. The number of nitrogens with zero attached hydrogens (tertiary/aromatic N) is 3. The third-order valence-corrected chi connectivity index (χ3v) is 5.16. The molecule has 2 atom stereocenters. The first-order valence-electron chi connectivity index (χ1n) is 9.00. The molecule has 8 heteroatoms. The number of anilines is 1. The standard InChI is InChI=1S/C19H23N3O5/c1-12-5-4-6-13(2)21(12)16(23)11-20-17(24)18(25)22(19(20)26)14-7-9-15(27-3)10-8-14/h7-10,12-13H,4-6,11H2,1-3H3/t12-,13-/m1/s1. The van der Waals surface area contributed by atoms with Gasteiger partial charge in [-0.2, -0.15) is 0 Å². The van der Waals surface area contributed by atoms with Crippen molar-refractivity contribution in [2.24, 2.45) is 0 Å². The van der Waals surface area contributed by atoms with Gasteiger partial charge in [0, 0.05) is 12.1 Å². The van der Waals surface area contributed by atoms with Crippen LogP contribution in [0.1, 0.15) is 33.1 Å². The second kappa shape index (κ2) is 7.38. The molecule has 5 amide bonds. The zero-order valence-corrected chi connectivity index (χ0v) is 15.7. The zero-order chi connectivity index (χ0) is 19.7. The molecule has 0 N–H and O–H groups in total. The smallest absolute Gasteiger partial charge is 0.339 e. The minimum atomic E-state index is -0.985. The molecule has 0 saturated carbocycles. The van der Waals surface area contributed by atoms with Gasteiger partial charge in [0.25, 0.3) is 0 Å². The summed E-state index contributed by atoms with van der Waals surface area (Å²) < 4.78 is 5.05. The van der Waals surface area contributed by atoms with Crippen molar-refractivity contribution >= 4 is 29.4 Å². The first-order chi connectivity index (χ1) is 12.8. The number of carbonyl (C=O) groups is 4. The molecule has 0 unspecified atom stereocenters. The highest BCUT2D eigenvalue weighted by molar-refractivity contribution is 6.53. The Morgan fingerprint density at radius 2 is 1.63 bits per heavy atom. The van der Waals surface area contributed by atoms with Crippen LogP contribution >= 0.6 is 0 Å². The summed E-state index contributed by atoms with van der Waals surface area (Å²) >= 11 is 0. The van der Waals surface area contributed by atoms with Gasteiger partial charge in [-0.3, -0.25) is 14.4 Å². The molecule has 0 spiro atoms. The van der Waals surface area contributed by atoms with Crippen molar-refractivity contribution in [3.8, 4) is 5.75 Å². The SMILES string of the molecule is COc1ccc(N2C(=O)C(=O)N(CC(=O)N3[C@H](C)CCC[C@H]3C)C2=O)cc1. The van der Waals surface area contributed by atoms with E-state index in [1.54, 1.807) is 17.0 Å². The average Bonchev–Trinajstić information content (AvgIpc) is 2.85. The lowest BCUT2D eigenvalue weighted by Crippen LogP contribution is -2.52. The maximum absolute atomic E-state index is 12.7. The highest BCUT2D eigenvalue weighted by Gasteiger charge is 2.47. The van der Waals surface area contributed by atoms with E-state index in [9.17, 15) is 19.2 Å². The van der Waals surface area contributed by atoms with Gasteiger partial charge >= 0.3 is 17.8 Å². The predicted octanol–water partition coefficient (Wildman–Crippen LogP) is 1.78. The van der Waals surface area contributed by atoms with Gasteiger partial charge in [0.2, 0.25) is 5.91 Å². The number of urea groups is 1. The molecule has 3 rings (SSSR count). The van der Waals surface area contributed by atoms with Crippen molar-refractivity contribution in [1.82, 2.24) is 9.80 Å². The number of benzene rings is 1. The fraction of sp³-hybridized carbons (Fsp3) is 0.474. The van der Waals surface area contributed by atoms with Crippen molar-refractivity contribution < 1.29 is 23.9 Å². The molecule has 2 fully saturated rings. The average molecular weight is 373 g/mol. The Morgan fingerprint density at radius 3 is 2.19 bits per heavy atom. The van der Waals surface area contributed by atoms with E-state index in [0.717, 1.165) is 29.1 Å². The summed E-state index contributed by atoms with van der Waals surface area (Å²) in [4.78, 5) is 53.3. The monoisotopic (exact) mass is 373 g/mol. The fourth-order valence-electron chi connectivity index (χ4n) is 3.73. The van der Waals surface area contributed by atoms with E-state index in [-0.39, 0.29) is 23.7 Å². The third kappa shape index (κ3) is 3.39. The number of hydrogen-bond acceptors (Lipinski definition) is 5. The number of methoxy groups -OCH3 is 1. The Labute approximate surface area is 157 Å². The fourth-order valence-corrected chi connectivity index (χ4v) is 3.73. The van der Waals surface area contributed by atoms with E-state index >= 15 is 0 Å². The van der Waals surface area contributed by atoms with Crippen LogP contribution in [0.5, 0.6) is 5.75 Å². The highest BCUT2D eigenvalue weighted by atomic mass is 16.5. The topological polar surface area (TPSA) is 87.2 Å². The van der Waals surface area contributed by atoms with Gasteiger partial charge in [-0.05, 0) is 57.4 Å². The summed E-state index contributed by atoms with van der Waals surface area (Å²) in [6.45, 7) is 3.48. The van der Waals surface area contributed by atoms with Gasteiger partial charge in [-0.25, -0.2) is 14.6 Å². The summed E-state index contributed by atoms with van der Waals surface area (Å²) in [7, 11) is 1.50. The number of imide groups is 2. The first kappa shape index (κ1) is 18.9. The van der Waals surface area contributed by atoms with Crippen LogP contribution in [0, 0.1) is 0 Å². The summed E-state index contributed by atoms with van der Waals surface area (Å²) in [6.07, 6.45) is 2.81. The summed E-state index contributed by atoms with van der Waals surface area (Å²) in [6, 6.07) is 5.49. The molecule has 1 aromatic rings. The molecule has 1 aromatic carbocycles. The Hall–Kier alpha value is -2.90. The van der Waals surface area contributed by atoms with Crippen LogP contribution in [0.15, 0.2) is 24.3 Å². The minimum absolute atomic E-state index is 0.0439. The number of rotatable bonds is 4. The van der Waals surface area contributed by atoms with E-state index in [1.807, 2.05) is 13.8 Å². The summed E-state index contributed by atoms with van der Waals surface area (Å²) in [5.74, 6) is -1.70. The number of hydrogen-bond donors (Lipinski definition) is 0. The Morgan fingerprint density at radius 1 is 1.04 bits per heavy atom. The normalized spacial score (nSPS) is 23.2. The molecular weight excluding hydrogens is 350 g/mol. The third-order valence-electron chi connectivity index (χ3n) is 5.16. The zero-order valence-electron chi connectivity index (χ0n) is 15.7. The van der Waals surface area contributed by atoms with Gasteiger partial charge < -0.3 is 9.64 Å². The molecule has 144 valence electrons. The quantitative estimate of drug-likeness (QED) is 0.593. The summed E-state index contributed by atoms with van der Waals surface area (Å²) in [5, 5.41) is 0. The molecule has 2 heterocycles. The molecule has 2 saturated heterocycles. The van der Waals surface area contributed by atoms with E-state index < -0.39 is 24.4 Å². The molecule has 2 aliphatic heterocycles. The molecule has 27 heavy (non-hydrogen) atoms. The van der Waals surface area contributed by atoms with Crippen molar-refractivity contribution in [3.05, 3.63) is 24.3 Å². The summed E-state index contributed by atoms with van der Waals surface area (Å²) in [5.41, 5.74) is 0.258. The molecular formula is C19H23N3O5. The van der Waals surface area contributed by atoms with Crippen LogP contribution in [0.25, 0.3) is 0 Å². The van der Waals surface area contributed by atoms with Crippen LogP contribution < -0.4 is 9.64 Å². The highest BCUT2D eigenvalue weighted by Crippen LogP contribution is 2.26. The van der Waals surface area contributed by atoms with E-state index in [2.05, 4.69) is 0 Å². The number of ether oxygens (including phenoxy) is 1. The molecule has 2 aliphatic rings. The van der Waals surface area contributed by atoms with Gasteiger partial charge in [0.1, 0.15) is 12.3 Å². The maximum atomic E-state index is 12.7. The van der Waals surface area contributed by atoms with Crippen molar-refractivity contribution in [2.45, 2.75) is 45.2 Å². The Kier molecular flexibility index (Phi) is 5.16. The van der Waals surface area contributed by atoms with Crippen molar-refractivity contribution in [3.63, 3.8) is 0 Å². The number of carbonyl (C=O) groups excluding carboxylic acids is 4. The number of likely N-dealkylation sites (tertiary alicyclic amines) is 1. The number of amides is 5. The molecule has 0 aliphatic carbocycles. The van der Waals surface area contributed by atoms with Gasteiger partial charge in [-0.1, -0.05) is 0 Å². The van der Waals surface area contributed by atoms with E-state index in [0.29, 0.717) is 5.75 Å². The van der Waals surface area contributed by atoms with Crippen molar-refractivity contribution in [2.75, 3.05) is 18.6 Å². The lowest BCUT2D eigenvalue weighted by Gasteiger charge is -2.39. The largest absolute Gasteiger partial charge is 0.497 e. The molecule has 0 radical (unpaired) electrons. The van der Waals surface area contributed by atoms with Gasteiger partial charge in [0.15, 0.2) is 0 Å². The van der Waals surface area contributed by atoms with Crippen LogP contribution in [0.2, 0.25) is 0 Å². The van der Waals surface area contributed by atoms with Crippen LogP contribution in [0.3, 0.4) is 0 Å². The lowest BCUT2D eigenvalue weighted by atomic mass is 9.97. The van der Waals surface area contributed by atoms with Gasteiger partial charge in [0.05, 0.1) is 12.8 Å². The predicted molar refractivity (Wildman–Crippen MR) is 97.2 cm³/mol. The molecule has 0 bridgehead atoms. The van der Waals surface area contributed by atoms with Crippen LogP contribution in [-0.4, -0.2) is 59.3 Å². The first-order valence-corrected chi connectivity index (χ1v) is 9.00. The van der Waals surface area contributed by atoms with E-state index in [4.69, 9.17) is 4.74 Å². The maximum Gasteiger partial charge on any atom is 0.339 e. The van der Waals surface area contributed by atoms with E-state index in [1.165, 1.54) is 19.2 Å². The second-order valence-corrected chi connectivity index (χ2v) is 6.94. The van der Waals surface area contributed by atoms with Crippen molar-refractivity contribution in [1.29, 1.82) is 0 Å². The molecule has 0 aromatic heterocycles. The number of piperidine rings is 1. The Balaban J connectivity index is 1.78. The van der Waals surface area contributed by atoms with Gasteiger partial charge in [-0.15, -0.1) is 0 Å². The Bertz CT molecular complexity index is 766. The van der Waals surface area contributed by atoms with Crippen LogP contribution in [-0.2, 0) is 14.4 Å².